The van der Waals surface area contributed by atoms with Gasteiger partial charge < -0.3 is 9.64 Å². The van der Waals surface area contributed by atoms with Gasteiger partial charge in [0, 0.05) is 19.3 Å². The molecule has 0 spiro atoms. The third-order valence-electron chi connectivity index (χ3n) is 2.67. The lowest BCUT2D eigenvalue weighted by molar-refractivity contribution is 0.105. The van der Waals surface area contributed by atoms with Gasteiger partial charge in [0.1, 0.15) is 6.10 Å². The van der Waals surface area contributed by atoms with Gasteiger partial charge in [-0.3, -0.25) is 0 Å². The summed E-state index contributed by atoms with van der Waals surface area (Å²) in [6.07, 6.45) is 3.53. The van der Waals surface area contributed by atoms with E-state index in [1.807, 2.05) is 13.8 Å². The van der Waals surface area contributed by atoms with Crippen molar-refractivity contribution in [2.45, 2.75) is 32.8 Å². The fraction of sp³-hybridized carbons (Fsp3) is 0.615. The smallest absolute Gasteiger partial charge is 0.250 e. The second kappa shape index (κ2) is 7.22. The number of nitrogens with zero attached hydrogens (tertiary/aromatic N) is 2. The summed E-state index contributed by atoms with van der Waals surface area (Å²) in [5.41, 5.74) is 0. The van der Waals surface area contributed by atoms with E-state index in [0.29, 0.717) is 0 Å². The largest absolute Gasteiger partial charge is 0.472 e. The zero-order chi connectivity index (χ0) is 12.7. The number of halogens is 1. The highest BCUT2D eigenvalue weighted by atomic mass is 19.1. The maximum Gasteiger partial charge on any atom is 0.250 e. The number of hydrogen-bond donors (Lipinski definition) is 0. The van der Waals surface area contributed by atoms with E-state index in [0.717, 1.165) is 25.9 Å². The van der Waals surface area contributed by atoms with Crippen LogP contribution in [0.15, 0.2) is 18.3 Å². The molecule has 1 aromatic rings. The van der Waals surface area contributed by atoms with E-state index in [9.17, 15) is 4.39 Å². The molecule has 2 rings (SSSR count). The highest BCUT2D eigenvalue weighted by Gasteiger charge is 2.19. The average molecular weight is 240 g/mol. The van der Waals surface area contributed by atoms with E-state index < -0.39 is 0 Å². The topological polar surface area (TPSA) is 25.4 Å². The predicted octanol–water partition coefficient (Wildman–Crippen LogP) is 2.72. The first-order chi connectivity index (χ1) is 8.25. The fourth-order valence-electron chi connectivity index (χ4n) is 1.72. The summed E-state index contributed by atoms with van der Waals surface area (Å²) in [7, 11) is 2.08. The van der Waals surface area contributed by atoms with Gasteiger partial charge in [0.2, 0.25) is 0 Å². The molecule has 0 atom stereocenters. The van der Waals surface area contributed by atoms with E-state index in [2.05, 4.69) is 16.9 Å². The minimum atomic E-state index is -0.378. The van der Waals surface area contributed by atoms with Gasteiger partial charge in [0.25, 0.3) is 5.88 Å². The van der Waals surface area contributed by atoms with Crippen molar-refractivity contribution in [3.63, 3.8) is 0 Å². The summed E-state index contributed by atoms with van der Waals surface area (Å²) in [6.45, 7) is 6.00. The highest BCUT2D eigenvalue weighted by molar-refractivity contribution is 5.13. The number of hydrogen-bond acceptors (Lipinski definition) is 3. The van der Waals surface area contributed by atoms with Crippen molar-refractivity contribution in [1.82, 2.24) is 9.88 Å². The molecule has 2 heterocycles. The zero-order valence-electron chi connectivity index (χ0n) is 10.8. The van der Waals surface area contributed by atoms with Crippen LogP contribution in [-0.2, 0) is 0 Å². The van der Waals surface area contributed by atoms with E-state index in [-0.39, 0.29) is 17.8 Å². The third kappa shape index (κ3) is 4.30. The molecule has 0 bridgehead atoms. The van der Waals surface area contributed by atoms with Crippen LogP contribution in [0.3, 0.4) is 0 Å². The van der Waals surface area contributed by atoms with Crippen molar-refractivity contribution in [2.24, 2.45) is 0 Å². The molecule has 1 fully saturated rings. The van der Waals surface area contributed by atoms with Gasteiger partial charge in [0.15, 0.2) is 5.82 Å². The number of rotatable bonds is 2. The van der Waals surface area contributed by atoms with Crippen LogP contribution in [0.4, 0.5) is 4.39 Å². The van der Waals surface area contributed by atoms with Crippen molar-refractivity contribution >= 4 is 0 Å². The summed E-state index contributed by atoms with van der Waals surface area (Å²) < 4.78 is 18.7. The van der Waals surface area contributed by atoms with Crippen LogP contribution in [0.5, 0.6) is 5.88 Å². The van der Waals surface area contributed by atoms with Crippen molar-refractivity contribution in [3.05, 3.63) is 24.1 Å². The normalized spacial score (nSPS) is 17.2. The van der Waals surface area contributed by atoms with Gasteiger partial charge >= 0.3 is 0 Å². The molecule has 0 aromatic carbocycles. The molecule has 1 aliphatic heterocycles. The lowest BCUT2D eigenvalue weighted by atomic mass is 10.1. The van der Waals surface area contributed by atoms with Gasteiger partial charge in [-0.25, -0.2) is 9.37 Å². The Balaban J connectivity index is 0.000000686. The molecular formula is C13H21FN2O. The van der Waals surface area contributed by atoms with Crippen molar-refractivity contribution in [3.8, 4) is 5.88 Å². The minimum absolute atomic E-state index is 0.102. The van der Waals surface area contributed by atoms with Crippen LogP contribution >= 0.6 is 0 Å². The van der Waals surface area contributed by atoms with Crippen LogP contribution in [0.1, 0.15) is 26.7 Å². The minimum Gasteiger partial charge on any atom is -0.472 e. The van der Waals surface area contributed by atoms with Gasteiger partial charge in [0.05, 0.1) is 0 Å². The SMILES string of the molecule is CC.CN1CCC(Oc2ncccc2F)CC1. The first-order valence-corrected chi connectivity index (χ1v) is 6.21. The van der Waals surface area contributed by atoms with Crippen LogP contribution < -0.4 is 4.74 Å². The van der Waals surface area contributed by atoms with Gasteiger partial charge in [-0.2, -0.15) is 0 Å². The number of pyridine rings is 1. The highest BCUT2D eigenvalue weighted by Crippen LogP contribution is 2.18. The molecule has 3 nitrogen and oxygen atoms in total. The molecule has 0 N–H and O–H groups in total. The first-order valence-electron chi connectivity index (χ1n) is 6.21. The predicted molar refractivity (Wildman–Crippen MR) is 66.7 cm³/mol. The molecule has 4 heteroatoms. The van der Waals surface area contributed by atoms with Gasteiger partial charge in [-0.05, 0) is 32.0 Å². The second-order valence-corrected chi connectivity index (χ2v) is 3.91. The molecule has 1 aliphatic rings. The van der Waals surface area contributed by atoms with Crippen LogP contribution in [0.25, 0.3) is 0 Å². The van der Waals surface area contributed by atoms with E-state index >= 15 is 0 Å². The molecular weight excluding hydrogens is 219 g/mol. The van der Waals surface area contributed by atoms with E-state index in [1.54, 1.807) is 12.3 Å². The summed E-state index contributed by atoms with van der Waals surface area (Å²) in [6, 6.07) is 2.94. The summed E-state index contributed by atoms with van der Waals surface area (Å²) >= 11 is 0. The van der Waals surface area contributed by atoms with Crippen LogP contribution in [0.2, 0.25) is 0 Å². The maximum absolute atomic E-state index is 13.2. The number of aromatic nitrogens is 1. The Morgan fingerprint density at radius 2 is 2.00 bits per heavy atom. The van der Waals surface area contributed by atoms with Crippen LogP contribution in [-0.4, -0.2) is 36.1 Å². The quantitative estimate of drug-likeness (QED) is 0.794. The Bertz CT molecular complexity index is 325. The number of likely N-dealkylation sites (tertiary alicyclic amines) is 1. The first kappa shape index (κ1) is 13.9. The molecule has 1 saturated heterocycles. The summed E-state index contributed by atoms with van der Waals surface area (Å²) in [5.74, 6) is -0.247. The molecule has 0 radical (unpaired) electrons. The van der Waals surface area contributed by atoms with Gasteiger partial charge in [-0.1, -0.05) is 13.8 Å². The lowest BCUT2D eigenvalue weighted by Crippen LogP contribution is -2.35. The Morgan fingerprint density at radius 3 is 2.59 bits per heavy atom. The average Bonchev–Trinajstić information content (AvgIpc) is 2.37. The monoisotopic (exact) mass is 240 g/mol. The molecule has 1 aromatic heterocycles. The van der Waals surface area contributed by atoms with Gasteiger partial charge in [-0.15, -0.1) is 0 Å². The van der Waals surface area contributed by atoms with Crippen molar-refractivity contribution in [1.29, 1.82) is 0 Å². The molecule has 0 aliphatic carbocycles. The Morgan fingerprint density at radius 1 is 1.35 bits per heavy atom. The van der Waals surface area contributed by atoms with E-state index in [4.69, 9.17) is 4.74 Å². The summed E-state index contributed by atoms with van der Waals surface area (Å²) in [5, 5.41) is 0. The Kier molecular flexibility index (Phi) is 5.91. The molecule has 0 amide bonds. The standard InChI is InChI=1S/C11H15FN2O.C2H6/c1-14-7-4-9(5-8-14)15-11-10(12)3-2-6-13-11;1-2/h2-3,6,9H,4-5,7-8H2,1H3;1-2H3. The Hall–Kier alpha value is -1.16. The number of piperidine rings is 1. The fourth-order valence-corrected chi connectivity index (χ4v) is 1.72. The molecule has 17 heavy (non-hydrogen) atoms. The third-order valence-corrected chi connectivity index (χ3v) is 2.67. The van der Waals surface area contributed by atoms with E-state index in [1.165, 1.54) is 6.07 Å². The maximum atomic E-state index is 13.2. The zero-order valence-corrected chi connectivity index (χ0v) is 10.8. The van der Waals surface area contributed by atoms with Crippen LogP contribution in [0, 0.1) is 5.82 Å². The second-order valence-electron chi connectivity index (χ2n) is 3.91. The van der Waals surface area contributed by atoms with Crippen molar-refractivity contribution in [2.75, 3.05) is 20.1 Å². The number of ether oxygens (including phenoxy) is 1. The Labute approximate surface area is 103 Å². The molecule has 96 valence electrons. The summed E-state index contributed by atoms with van der Waals surface area (Å²) in [4.78, 5) is 6.13. The molecule has 0 unspecified atom stereocenters. The molecule has 0 saturated carbocycles. The lowest BCUT2D eigenvalue weighted by Gasteiger charge is -2.28. The van der Waals surface area contributed by atoms with Crippen molar-refractivity contribution < 1.29 is 9.13 Å².